The van der Waals surface area contributed by atoms with Gasteiger partial charge >= 0.3 is 0 Å². The van der Waals surface area contributed by atoms with Gasteiger partial charge < -0.3 is 24.5 Å². The van der Waals surface area contributed by atoms with Gasteiger partial charge in [-0.25, -0.2) is 0 Å². The zero-order valence-corrected chi connectivity index (χ0v) is 16.3. The van der Waals surface area contributed by atoms with E-state index in [0.717, 1.165) is 5.56 Å². The Kier molecular flexibility index (Phi) is 5.60. The number of hydrogen-bond acceptors (Lipinski definition) is 7. The minimum atomic E-state index is -0.369. The van der Waals surface area contributed by atoms with E-state index in [9.17, 15) is 9.59 Å². The predicted octanol–water partition coefficient (Wildman–Crippen LogP) is 1.82. The Labute approximate surface area is 172 Å². The Morgan fingerprint density at radius 3 is 2.87 bits per heavy atom. The van der Waals surface area contributed by atoms with Gasteiger partial charge in [0.2, 0.25) is 12.7 Å². The molecule has 1 aromatic heterocycles. The zero-order valence-electron chi connectivity index (χ0n) is 16.3. The van der Waals surface area contributed by atoms with Gasteiger partial charge in [0.05, 0.1) is 7.11 Å². The van der Waals surface area contributed by atoms with E-state index in [2.05, 4.69) is 20.5 Å². The third kappa shape index (κ3) is 4.40. The van der Waals surface area contributed by atoms with E-state index in [-0.39, 0.29) is 36.8 Å². The molecule has 0 bridgehead atoms. The molecule has 30 heavy (non-hydrogen) atoms. The fraction of sp³-hybridized carbons (Fsp3) is 0.238. The summed E-state index contributed by atoms with van der Waals surface area (Å²) < 4.78 is 15.8. The lowest BCUT2D eigenvalue weighted by Gasteiger charge is -2.06. The number of hydrogen-bond donors (Lipinski definition) is 2. The van der Waals surface area contributed by atoms with Crippen molar-refractivity contribution in [3.8, 4) is 28.6 Å². The summed E-state index contributed by atoms with van der Waals surface area (Å²) in [5, 5.41) is 10.9. The molecule has 0 atom stereocenters. The number of amides is 1. The van der Waals surface area contributed by atoms with Gasteiger partial charge in [0.1, 0.15) is 11.4 Å². The molecule has 1 amide bonds. The number of ether oxygens (including phenoxy) is 3. The number of methoxy groups -OCH3 is 1. The van der Waals surface area contributed by atoms with Crippen LogP contribution in [0, 0.1) is 0 Å². The first-order valence-electron chi connectivity index (χ1n) is 9.38. The van der Waals surface area contributed by atoms with Gasteiger partial charge in [0, 0.05) is 24.9 Å². The van der Waals surface area contributed by atoms with Crippen molar-refractivity contribution in [3.63, 3.8) is 0 Å². The summed E-state index contributed by atoms with van der Waals surface area (Å²) in [5.74, 6) is 2.17. The van der Waals surface area contributed by atoms with E-state index >= 15 is 0 Å². The number of fused-ring (bicyclic) bond motifs is 1. The molecule has 9 heteroatoms. The molecular weight excluding hydrogens is 388 g/mol. The average Bonchev–Trinajstić information content (AvgIpc) is 3.24. The summed E-state index contributed by atoms with van der Waals surface area (Å²) in [4.78, 5) is 27.2. The van der Waals surface area contributed by atoms with Crippen molar-refractivity contribution >= 4 is 5.91 Å². The first-order chi connectivity index (χ1) is 14.6. The quantitative estimate of drug-likeness (QED) is 0.613. The van der Waals surface area contributed by atoms with Crippen LogP contribution < -0.4 is 25.1 Å². The second kappa shape index (κ2) is 8.64. The van der Waals surface area contributed by atoms with Crippen molar-refractivity contribution in [2.75, 3.05) is 13.9 Å². The van der Waals surface area contributed by atoms with Crippen LogP contribution in [0.3, 0.4) is 0 Å². The van der Waals surface area contributed by atoms with Crippen LogP contribution in [0.1, 0.15) is 17.7 Å². The van der Waals surface area contributed by atoms with E-state index in [1.807, 2.05) is 18.2 Å². The van der Waals surface area contributed by atoms with Crippen LogP contribution >= 0.6 is 0 Å². The number of H-pyrrole nitrogens is 1. The van der Waals surface area contributed by atoms with Crippen LogP contribution in [0.4, 0.5) is 0 Å². The first kappa shape index (κ1) is 19.4. The van der Waals surface area contributed by atoms with Crippen molar-refractivity contribution in [1.82, 2.24) is 20.5 Å². The number of carbonyl (C=O) groups excluding carboxylic acids is 1. The van der Waals surface area contributed by atoms with Gasteiger partial charge in [0.25, 0.3) is 5.56 Å². The van der Waals surface area contributed by atoms with Gasteiger partial charge in [0.15, 0.2) is 17.3 Å². The second-order valence-electron chi connectivity index (χ2n) is 6.65. The Hall–Kier alpha value is -3.88. The van der Waals surface area contributed by atoms with Gasteiger partial charge in [-0.2, -0.15) is 0 Å². The SMILES string of the molecule is COc1cccc(-c2nnc(CCC(=O)NCc3ccc4c(c3)OCO4)c(=O)[nH]2)c1. The van der Waals surface area contributed by atoms with E-state index in [0.29, 0.717) is 35.2 Å². The summed E-state index contributed by atoms with van der Waals surface area (Å²) >= 11 is 0. The second-order valence-corrected chi connectivity index (χ2v) is 6.65. The topological polar surface area (TPSA) is 115 Å². The average molecular weight is 408 g/mol. The molecule has 0 saturated heterocycles. The molecule has 1 aliphatic rings. The fourth-order valence-electron chi connectivity index (χ4n) is 3.00. The molecule has 0 spiro atoms. The van der Waals surface area contributed by atoms with Gasteiger partial charge in [-0.15, -0.1) is 10.2 Å². The van der Waals surface area contributed by atoms with Crippen LogP contribution in [-0.4, -0.2) is 35.0 Å². The predicted molar refractivity (Wildman–Crippen MR) is 107 cm³/mol. The van der Waals surface area contributed by atoms with Crippen molar-refractivity contribution in [2.24, 2.45) is 0 Å². The molecule has 1 aliphatic heterocycles. The largest absolute Gasteiger partial charge is 0.497 e. The molecule has 2 aromatic carbocycles. The number of benzene rings is 2. The molecule has 0 unspecified atom stereocenters. The fourth-order valence-corrected chi connectivity index (χ4v) is 3.00. The lowest BCUT2D eigenvalue weighted by Crippen LogP contribution is -2.25. The Balaban J connectivity index is 1.33. The van der Waals surface area contributed by atoms with E-state index < -0.39 is 0 Å². The van der Waals surface area contributed by atoms with Gasteiger partial charge in [-0.1, -0.05) is 18.2 Å². The van der Waals surface area contributed by atoms with Gasteiger partial charge in [-0.3, -0.25) is 9.59 Å². The standard InChI is InChI=1S/C21H20N4O5/c1-28-15-4-2-3-14(10-15)20-23-21(27)16(24-25-20)6-8-19(26)22-11-13-5-7-17-18(9-13)30-12-29-17/h2-5,7,9-10H,6,8,11-12H2,1H3,(H,22,26)(H,23,25,27). The molecule has 0 fully saturated rings. The molecule has 2 heterocycles. The monoisotopic (exact) mass is 408 g/mol. The van der Waals surface area contributed by atoms with Crippen LogP contribution in [0.5, 0.6) is 17.2 Å². The summed E-state index contributed by atoms with van der Waals surface area (Å²) in [6.45, 7) is 0.559. The van der Waals surface area contributed by atoms with Crippen LogP contribution in [0.15, 0.2) is 47.3 Å². The third-order valence-corrected chi connectivity index (χ3v) is 4.62. The molecule has 9 nitrogen and oxygen atoms in total. The number of aryl methyl sites for hydroxylation is 1. The van der Waals surface area contributed by atoms with Gasteiger partial charge in [-0.05, 0) is 29.8 Å². The number of carbonyl (C=O) groups is 1. The maximum Gasteiger partial charge on any atom is 0.273 e. The molecule has 4 rings (SSSR count). The first-order valence-corrected chi connectivity index (χ1v) is 9.38. The van der Waals surface area contributed by atoms with Crippen molar-refractivity contribution in [1.29, 1.82) is 0 Å². The minimum Gasteiger partial charge on any atom is -0.497 e. The Morgan fingerprint density at radius 2 is 2.03 bits per heavy atom. The molecule has 2 N–H and O–H groups in total. The summed E-state index contributed by atoms with van der Waals surface area (Å²) in [7, 11) is 1.56. The van der Waals surface area contributed by atoms with Crippen molar-refractivity contribution in [3.05, 3.63) is 64.1 Å². The summed E-state index contributed by atoms with van der Waals surface area (Å²) in [6.07, 6.45) is 0.314. The highest BCUT2D eigenvalue weighted by Gasteiger charge is 2.14. The lowest BCUT2D eigenvalue weighted by molar-refractivity contribution is -0.121. The maximum atomic E-state index is 12.3. The van der Waals surface area contributed by atoms with Crippen LogP contribution in [0.2, 0.25) is 0 Å². The molecular formula is C21H20N4O5. The lowest BCUT2D eigenvalue weighted by atomic mass is 10.2. The zero-order chi connectivity index (χ0) is 20.9. The molecule has 0 aliphatic carbocycles. The molecule has 0 saturated carbocycles. The Morgan fingerprint density at radius 1 is 1.17 bits per heavy atom. The highest BCUT2D eigenvalue weighted by molar-refractivity contribution is 5.76. The number of aromatic nitrogens is 3. The van der Waals surface area contributed by atoms with Crippen molar-refractivity contribution < 1.29 is 19.0 Å². The summed E-state index contributed by atoms with van der Waals surface area (Å²) in [6, 6.07) is 12.6. The number of aromatic amines is 1. The number of nitrogens with one attached hydrogen (secondary N) is 2. The molecule has 0 radical (unpaired) electrons. The minimum absolute atomic E-state index is 0.126. The molecule has 154 valence electrons. The highest BCUT2D eigenvalue weighted by atomic mass is 16.7. The van der Waals surface area contributed by atoms with Crippen molar-refractivity contribution in [2.45, 2.75) is 19.4 Å². The summed E-state index contributed by atoms with van der Waals surface area (Å²) in [5.41, 5.74) is 1.42. The highest BCUT2D eigenvalue weighted by Crippen LogP contribution is 2.32. The van der Waals surface area contributed by atoms with Crippen LogP contribution in [-0.2, 0) is 17.8 Å². The number of rotatable bonds is 7. The van der Waals surface area contributed by atoms with E-state index in [4.69, 9.17) is 14.2 Å². The Bertz CT molecular complexity index is 1130. The smallest absolute Gasteiger partial charge is 0.273 e. The van der Waals surface area contributed by atoms with E-state index in [1.54, 1.807) is 31.4 Å². The normalized spacial score (nSPS) is 11.9. The number of nitrogens with zero attached hydrogens (tertiary/aromatic N) is 2. The van der Waals surface area contributed by atoms with Crippen LogP contribution in [0.25, 0.3) is 11.4 Å². The van der Waals surface area contributed by atoms with E-state index in [1.165, 1.54) is 0 Å². The third-order valence-electron chi connectivity index (χ3n) is 4.62. The maximum absolute atomic E-state index is 12.3. The molecule has 3 aromatic rings.